The Bertz CT molecular complexity index is 931. The van der Waals surface area contributed by atoms with Crippen LogP contribution < -0.4 is 5.32 Å². The van der Waals surface area contributed by atoms with Crippen LogP contribution in [-0.4, -0.2) is 30.1 Å². The van der Waals surface area contributed by atoms with E-state index in [1.807, 2.05) is 12.1 Å². The monoisotopic (exact) mass is 430 g/mol. The molecule has 2 unspecified atom stereocenters. The third-order valence-electron chi connectivity index (χ3n) is 7.25. The fourth-order valence-corrected chi connectivity index (χ4v) is 5.99. The van der Waals surface area contributed by atoms with Gasteiger partial charge in [0, 0.05) is 29.6 Å². The maximum Gasteiger partial charge on any atom is 0.0450 e. The largest absolute Gasteiger partial charge is 0.308 e. The quantitative estimate of drug-likeness (QED) is 0.507. The van der Waals surface area contributed by atoms with E-state index in [0.29, 0.717) is 23.9 Å². The molecule has 3 aromatic carbocycles. The van der Waals surface area contributed by atoms with E-state index >= 15 is 0 Å². The smallest absolute Gasteiger partial charge is 0.0450 e. The van der Waals surface area contributed by atoms with Crippen molar-refractivity contribution < 1.29 is 0 Å². The molecule has 0 radical (unpaired) electrons. The summed E-state index contributed by atoms with van der Waals surface area (Å²) in [7, 11) is 0. The molecular weight excluding hydrogens is 400 g/mol. The molecule has 2 nitrogen and oxygen atoms in total. The van der Waals surface area contributed by atoms with E-state index < -0.39 is 0 Å². The number of nitrogens with one attached hydrogen (secondary N) is 1. The summed E-state index contributed by atoms with van der Waals surface area (Å²) in [6, 6.07) is 31.3. The minimum absolute atomic E-state index is 0.354. The van der Waals surface area contributed by atoms with E-state index in [0.717, 1.165) is 11.6 Å². The van der Waals surface area contributed by atoms with Crippen LogP contribution in [-0.2, 0) is 6.54 Å². The minimum atomic E-state index is 0.354. The van der Waals surface area contributed by atoms with Crippen LogP contribution in [0.25, 0.3) is 0 Å². The number of benzene rings is 3. The first-order valence-corrected chi connectivity index (χ1v) is 12.0. The Morgan fingerprint density at radius 1 is 0.806 bits per heavy atom. The Balaban J connectivity index is 1.52. The summed E-state index contributed by atoms with van der Waals surface area (Å²) >= 11 is 6.49. The second kappa shape index (κ2) is 9.56. The first-order valence-electron chi connectivity index (χ1n) is 11.6. The van der Waals surface area contributed by atoms with Crippen LogP contribution in [0.2, 0.25) is 5.02 Å². The van der Waals surface area contributed by atoms with Gasteiger partial charge in [-0.15, -0.1) is 0 Å². The minimum Gasteiger partial charge on any atom is -0.308 e. The van der Waals surface area contributed by atoms with E-state index in [4.69, 9.17) is 11.6 Å². The molecule has 3 heterocycles. The zero-order valence-corrected chi connectivity index (χ0v) is 18.7. The van der Waals surface area contributed by atoms with Crippen molar-refractivity contribution in [3.63, 3.8) is 0 Å². The highest BCUT2D eigenvalue weighted by Gasteiger charge is 2.44. The molecule has 3 fully saturated rings. The lowest BCUT2D eigenvalue weighted by Gasteiger charge is -2.47. The predicted octanol–water partition coefficient (Wildman–Crippen LogP) is 6.11. The number of fused-ring (bicyclic) bond motifs is 4. The Kier molecular flexibility index (Phi) is 6.40. The van der Waals surface area contributed by atoms with Crippen molar-refractivity contribution in [1.82, 2.24) is 10.2 Å². The summed E-state index contributed by atoms with van der Waals surface area (Å²) in [4.78, 5) is 2.76. The molecule has 3 aromatic rings. The molecule has 6 rings (SSSR count). The van der Waals surface area contributed by atoms with Gasteiger partial charge < -0.3 is 5.32 Å². The van der Waals surface area contributed by atoms with Crippen molar-refractivity contribution >= 4 is 11.6 Å². The van der Waals surface area contributed by atoms with Crippen LogP contribution >= 0.6 is 11.6 Å². The van der Waals surface area contributed by atoms with Gasteiger partial charge in [0.05, 0.1) is 0 Å². The van der Waals surface area contributed by atoms with Gasteiger partial charge in [-0.3, -0.25) is 4.90 Å². The molecule has 3 heteroatoms. The highest BCUT2D eigenvalue weighted by atomic mass is 35.5. The van der Waals surface area contributed by atoms with E-state index in [9.17, 15) is 0 Å². The third-order valence-corrected chi connectivity index (χ3v) is 7.62. The number of hydrogen-bond donors (Lipinski definition) is 1. The average Bonchev–Trinajstić information content (AvgIpc) is 3.15. The van der Waals surface area contributed by atoms with Crippen molar-refractivity contribution in [2.75, 3.05) is 13.1 Å². The second-order valence-electron chi connectivity index (χ2n) is 9.01. The van der Waals surface area contributed by atoms with Crippen LogP contribution in [0.1, 0.15) is 41.9 Å². The van der Waals surface area contributed by atoms with Gasteiger partial charge in [-0.1, -0.05) is 90.5 Å². The molecule has 31 heavy (non-hydrogen) atoms. The SMILES string of the molecule is Clc1ccccc1CN[C@H]1C2CCCN(CC2)[C@H]1C(c1ccccc1)c1ccccc1. The summed E-state index contributed by atoms with van der Waals surface area (Å²) in [6.45, 7) is 3.22. The molecule has 3 aliphatic rings. The van der Waals surface area contributed by atoms with Gasteiger partial charge in [-0.2, -0.15) is 0 Å². The molecule has 0 aliphatic carbocycles. The fraction of sp³-hybridized carbons (Fsp3) is 0.357. The van der Waals surface area contributed by atoms with Crippen molar-refractivity contribution in [3.8, 4) is 0 Å². The van der Waals surface area contributed by atoms with Gasteiger partial charge in [-0.05, 0) is 61.0 Å². The van der Waals surface area contributed by atoms with Gasteiger partial charge in [0.1, 0.15) is 0 Å². The number of halogens is 1. The summed E-state index contributed by atoms with van der Waals surface area (Å²) < 4.78 is 0. The number of rotatable bonds is 6. The molecular formula is C28H31ClN2. The van der Waals surface area contributed by atoms with E-state index in [1.54, 1.807) is 0 Å². The van der Waals surface area contributed by atoms with E-state index in [2.05, 4.69) is 83.0 Å². The van der Waals surface area contributed by atoms with Crippen molar-refractivity contribution in [2.24, 2.45) is 5.92 Å². The van der Waals surface area contributed by atoms with Gasteiger partial charge in [0.25, 0.3) is 0 Å². The summed E-state index contributed by atoms with van der Waals surface area (Å²) in [6.07, 6.45) is 3.89. The highest BCUT2D eigenvalue weighted by Crippen LogP contribution is 2.41. The zero-order valence-electron chi connectivity index (χ0n) is 18.0. The lowest BCUT2D eigenvalue weighted by Crippen LogP contribution is -2.58. The summed E-state index contributed by atoms with van der Waals surface area (Å²) in [5, 5.41) is 4.85. The Morgan fingerprint density at radius 3 is 2.13 bits per heavy atom. The van der Waals surface area contributed by atoms with Crippen molar-refractivity contribution in [1.29, 1.82) is 0 Å². The van der Waals surface area contributed by atoms with Crippen LogP contribution in [0.5, 0.6) is 0 Å². The fourth-order valence-electron chi connectivity index (χ4n) is 5.79. The second-order valence-corrected chi connectivity index (χ2v) is 9.42. The number of hydrogen-bond acceptors (Lipinski definition) is 2. The third kappa shape index (κ3) is 4.43. The lowest BCUT2D eigenvalue weighted by molar-refractivity contribution is 0.0861. The topological polar surface area (TPSA) is 15.3 Å². The van der Waals surface area contributed by atoms with E-state index in [1.165, 1.54) is 49.0 Å². The molecule has 3 saturated heterocycles. The number of nitrogens with zero attached hydrogens (tertiary/aromatic N) is 1. The Labute approximate surface area is 191 Å². The van der Waals surface area contributed by atoms with Gasteiger partial charge in [0.2, 0.25) is 0 Å². The molecule has 0 amide bonds. The zero-order chi connectivity index (χ0) is 21.0. The van der Waals surface area contributed by atoms with Crippen LogP contribution in [0.4, 0.5) is 0 Å². The normalized spacial score (nSPS) is 25.5. The first-order chi connectivity index (χ1) is 15.3. The van der Waals surface area contributed by atoms with Crippen molar-refractivity contribution in [2.45, 2.75) is 43.8 Å². The average molecular weight is 431 g/mol. The molecule has 4 atom stereocenters. The number of piperidine rings is 1. The van der Waals surface area contributed by atoms with Gasteiger partial charge in [-0.25, -0.2) is 0 Å². The maximum absolute atomic E-state index is 6.49. The molecule has 160 valence electrons. The molecule has 0 saturated carbocycles. The molecule has 1 N–H and O–H groups in total. The molecule has 3 aliphatic heterocycles. The first kappa shape index (κ1) is 20.8. The summed E-state index contributed by atoms with van der Waals surface area (Å²) in [5.41, 5.74) is 4.01. The van der Waals surface area contributed by atoms with Crippen LogP contribution in [0.15, 0.2) is 84.9 Å². The van der Waals surface area contributed by atoms with Crippen LogP contribution in [0.3, 0.4) is 0 Å². The van der Waals surface area contributed by atoms with Crippen molar-refractivity contribution in [3.05, 3.63) is 107 Å². The van der Waals surface area contributed by atoms with Crippen LogP contribution in [0, 0.1) is 5.92 Å². The lowest BCUT2D eigenvalue weighted by atomic mass is 9.74. The predicted molar refractivity (Wildman–Crippen MR) is 130 cm³/mol. The molecule has 0 spiro atoms. The van der Waals surface area contributed by atoms with Gasteiger partial charge in [0.15, 0.2) is 0 Å². The molecule has 2 bridgehead atoms. The summed E-state index contributed by atoms with van der Waals surface area (Å²) in [5.74, 6) is 1.06. The van der Waals surface area contributed by atoms with E-state index in [-0.39, 0.29) is 0 Å². The standard InChI is InChI=1S/C28H31ClN2/c29-25-16-8-7-14-24(25)20-30-27-23-15-9-18-31(19-17-23)28(27)26(21-10-3-1-4-11-21)22-12-5-2-6-13-22/h1-8,10-14,16,23,26-28,30H,9,15,17-20H2/t23?,27-,28-/m0/s1. The van der Waals surface area contributed by atoms with Gasteiger partial charge >= 0.3 is 0 Å². The highest BCUT2D eigenvalue weighted by molar-refractivity contribution is 6.31. The Hall–Kier alpha value is -2.13. The molecule has 0 aromatic heterocycles. The Morgan fingerprint density at radius 2 is 1.45 bits per heavy atom. The maximum atomic E-state index is 6.49.